The van der Waals surface area contributed by atoms with Crippen molar-refractivity contribution in [1.82, 2.24) is 19.4 Å². The first-order valence-corrected chi connectivity index (χ1v) is 9.07. The number of nitrogens with zero attached hydrogens (tertiary/aromatic N) is 4. The average molecular weight is 346 g/mol. The van der Waals surface area contributed by atoms with Gasteiger partial charge in [0.15, 0.2) is 0 Å². The summed E-state index contributed by atoms with van der Waals surface area (Å²) in [5.74, 6) is 1.50. The van der Waals surface area contributed by atoms with Gasteiger partial charge in [-0.3, -0.25) is 9.36 Å². The number of hydrogen-bond acceptors (Lipinski definition) is 3. The Morgan fingerprint density at radius 2 is 1.88 bits per heavy atom. The van der Waals surface area contributed by atoms with Crippen LogP contribution in [0.1, 0.15) is 28.8 Å². The summed E-state index contributed by atoms with van der Waals surface area (Å²) >= 11 is 0. The fraction of sp³-hybridized carbons (Fsp3) is 0.286. The van der Waals surface area contributed by atoms with Crippen LogP contribution in [0.5, 0.6) is 0 Å². The zero-order valence-electron chi connectivity index (χ0n) is 14.7. The highest BCUT2D eigenvalue weighted by Gasteiger charge is 2.24. The lowest BCUT2D eigenvalue weighted by molar-refractivity contribution is 0.0690. The monoisotopic (exact) mass is 346 g/mol. The first-order chi connectivity index (χ1) is 12.8. The number of benzene rings is 1. The first-order valence-electron chi connectivity index (χ1n) is 9.07. The highest BCUT2D eigenvalue weighted by atomic mass is 16.2. The molecule has 0 saturated carbocycles. The topological polar surface area (TPSA) is 51.0 Å². The molecule has 26 heavy (non-hydrogen) atoms. The molecule has 2 aromatic heterocycles. The Morgan fingerprint density at radius 3 is 2.54 bits per heavy atom. The van der Waals surface area contributed by atoms with E-state index < -0.39 is 0 Å². The van der Waals surface area contributed by atoms with Crippen LogP contribution in [0.2, 0.25) is 0 Å². The predicted octanol–water partition coefficient (Wildman–Crippen LogP) is 3.36. The van der Waals surface area contributed by atoms with Crippen molar-refractivity contribution in [3.8, 4) is 5.82 Å². The molecule has 1 aliphatic heterocycles. The summed E-state index contributed by atoms with van der Waals surface area (Å²) in [7, 11) is 0. The fourth-order valence-electron chi connectivity index (χ4n) is 3.53. The number of carbonyl (C=O) groups excluding carboxylic acids is 1. The SMILES string of the molecule is O=C(c1ccc(-n2ccnc2)nc1)N1CCC(Cc2ccccc2)CC1. The van der Waals surface area contributed by atoms with Gasteiger partial charge in [-0.2, -0.15) is 0 Å². The van der Waals surface area contributed by atoms with Crippen LogP contribution in [0.15, 0.2) is 67.4 Å². The maximum absolute atomic E-state index is 12.7. The molecule has 132 valence electrons. The molecule has 0 N–H and O–H groups in total. The van der Waals surface area contributed by atoms with Gasteiger partial charge in [-0.1, -0.05) is 30.3 Å². The van der Waals surface area contributed by atoms with Crippen molar-refractivity contribution >= 4 is 5.91 Å². The Bertz CT molecular complexity index is 835. The molecule has 3 heterocycles. The number of pyridine rings is 1. The van der Waals surface area contributed by atoms with Crippen LogP contribution in [0.4, 0.5) is 0 Å². The Hall–Kier alpha value is -2.95. The number of rotatable bonds is 4. The highest BCUT2D eigenvalue weighted by Crippen LogP contribution is 2.23. The number of amides is 1. The summed E-state index contributed by atoms with van der Waals surface area (Å²) < 4.78 is 1.82. The van der Waals surface area contributed by atoms with Gasteiger partial charge in [0.2, 0.25) is 0 Å². The zero-order valence-corrected chi connectivity index (χ0v) is 14.7. The minimum atomic E-state index is 0.0767. The summed E-state index contributed by atoms with van der Waals surface area (Å²) in [6, 6.07) is 14.3. The van der Waals surface area contributed by atoms with E-state index in [2.05, 4.69) is 40.3 Å². The molecule has 1 fully saturated rings. The van der Waals surface area contributed by atoms with E-state index in [0.29, 0.717) is 11.5 Å². The Balaban J connectivity index is 1.34. The fourth-order valence-corrected chi connectivity index (χ4v) is 3.53. The number of carbonyl (C=O) groups is 1. The smallest absolute Gasteiger partial charge is 0.255 e. The van der Waals surface area contributed by atoms with E-state index >= 15 is 0 Å². The number of piperidine rings is 1. The third kappa shape index (κ3) is 3.67. The molecule has 0 radical (unpaired) electrons. The van der Waals surface area contributed by atoms with Crippen LogP contribution < -0.4 is 0 Å². The van der Waals surface area contributed by atoms with Gasteiger partial charge in [0.05, 0.1) is 5.56 Å². The zero-order chi connectivity index (χ0) is 17.8. The lowest BCUT2D eigenvalue weighted by atomic mass is 9.90. The number of likely N-dealkylation sites (tertiary alicyclic amines) is 1. The van der Waals surface area contributed by atoms with Crippen LogP contribution in [-0.2, 0) is 6.42 Å². The molecule has 0 bridgehead atoms. The first kappa shape index (κ1) is 16.5. The minimum Gasteiger partial charge on any atom is -0.339 e. The summed E-state index contributed by atoms with van der Waals surface area (Å²) in [5, 5.41) is 0. The van der Waals surface area contributed by atoms with Gasteiger partial charge in [0.25, 0.3) is 5.91 Å². The van der Waals surface area contributed by atoms with E-state index in [-0.39, 0.29) is 5.91 Å². The molecule has 0 atom stereocenters. The van der Waals surface area contributed by atoms with Crippen molar-refractivity contribution in [2.75, 3.05) is 13.1 Å². The maximum atomic E-state index is 12.7. The van der Waals surface area contributed by atoms with Crippen LogP contribution in [0, 0.1) is 5.92 Å². The van der Waals surface area contributed by atoms with E-state index in [1.165, 1.54) is 5.56 Å². The number of aromatic nitrogens is 3. The van der Waals surface area contributed by atoms with Crippen molar-refractivity contribution < 1.29 is 4.79 Å². The Kier molecular flexibility index (Phi) is 4.78. The minimum absolute atomic E-state index is 0.0767. The van der Waals surface area contributed by atoms with Crippen molar-refractivity contribution in [3.05, 3.63) is 78.5 Å². The van der Waals surface area contributed by atoms with Crippen LogP contribution in [0.25, 0.3) is 5.82 Å². The third-order valence-corrected chi connectivity index (χ3v) is 5.03. The van der Waals surface area contributed by atoms with Crippen molar-refractivity contribution in [1.29, 1.82) is 0 Å². The molecule has 0 spiro atoms. The summed E-state index contributed by atoms with van der Waals surface area (Å²) in [4.78, 5) is 23.1. The molecule has 4 rings (SSSR count). The normalized spacial score (nSPS) is 15.2. The molecular formula is C21H22N4O. The van der Waals surface area contributed by atoms with Crippen molar-refractivity contribution in [3.63, 3.8) is 0 Å². The van der Waals surface area contributed by atoms with Crippen molar-refractivity contribution in [2.24, 2.45) is 5.92 Å². The summed E-state index contributed by atoms with van der Waals surface area (Å²) in [5.41, 5.74) is 2.03. The van der Waals surface area contributed by atoms with Gasteiger partial charge in [-0.05, 0) is 42.9 Å². The summed E-state index contributed by atoms with van der Waals surface area (Å²) in [6.07, 6.45) is 10.1. The molecule has 1 amide bonds. The highest BCUT2D eigenvalue weighted by molar-refractivity contribution is 5.94. The molecule has 3 aromatic rings. The van der Waals surface area contributed by atoms with E-state index in [1.54, 1.807) is 18.7 Å². The van der Waals surface area contributed by atoms with Gasteiger partial charge in [-0.15, -0.1) is 0 Å². The van der Waals surface area contributed by atoms with Crippen molar-refractivity contribution in [2.45, 2.75) is 19.3 Å². The third-order valence-electron chi connectivity index (χ3n) is 5.03. The second kappa shape index (κ2) is 7.52. The van der Waals surface area contributed by atoms with E-state index in [4.69, 9.17) is 0 Å². The maximum Gasteiger partial charge on any atom is 0.255 e. The molecule has 1 aromatic carbocycles. The predicted molar refractivity (Wildman–Crippen MR) is 100 cm³/mol. The molecule has 5 nitrogen and oxygen atoms in total. The van der Waals surface area contributed by atoms with Gasteiger partial charge in [-0.25, -0.2) is 9.97 Å². The Labute approximate surface area is 153 Å². The lowest BCUT2D eigenvalue weighted by Gasteiger charge is -2.32. The molecule has 5 heteroatoms. The van der Waals surface area contributed by atoms with Gasteiger partial charge in [0.1, 0.15) is 12.1 Å². The number of imidazole rings is 1. The van der Waals surface area contributed by atoms with Gasteiger partial charge < -0.3 is 4.90 Å². The second-order valence-electron chi connectivity index (χ2n) is 6.80. The molecule has 0 aliphatic carbocycles. The van der Waals surface area contributed by atoms with Gasteiger partial charge >= 0.3 is 0 Å². The molecule has 0 unspecified atom stereocenters. The summed E-state index contributed by atoms with van der Waals surface area (Å²) in [6.45, 7) is 1.64. The van der Waals surface area contributed by atoms with Crippen LogP contribution in [-0.4, -0.2) is 38.4 Å². The van der Waals surface area contributed by atoms with Crippen LogP contribution in [0.3, 0.4) is 0 Å². The quantitative estimate of drug-likeness (QED) is 0.728. The lowest BCUT2D eigenvalue weighted by Crippen LogP contribution is -2.39. The van der Waals surface area contributed by atoms with E-state index in [9.17, 15) is 4.79 Å². The van der Waals surface area contributed by atoms with Gasteiger partial charge in [0, 0.05) is 31.7 Å². The largest absolute Gasteiger partial charge is 0.339 e. The molecule has 1 saturated heterocycles. The van der Waals surface area contributed by atoms with E-state index in [0.717, 1.165) is 38.2 Å². The standard InChI is InChI=1S/C21H22N4O/c26-21(19-6-7-20(23-15-19)25-13-10-22-16-25)24-11-8-18(9-12-24)14-17-4-2-1-3-5-17/h1-7,10,13,15-16,18H,8-9,11-12,14H2. The second-order valence-corrected chi connectivity index (χ2v) is 6.80. The average Bonchev–Trinajstić information content (AvgIpc) is 3.24. The van der Waals surface area contributed by atoms with E-state index in [1.807, 2.05) is 27.8 Å². The Morgan fingerprint density at radius 1 is 1.08 bits per heavy atom. The van der Waals surface area contributed by atoms with Crippen LogP contribution >= 0.6 is 0 Å². The number of hydrogen-bond donors (Lipinski definition) is 0. The molecule has 1 aliphatic rings. The molecular weight excluding hydrogens is 324 g/mol.